The Morgan fingerprint density at radius 2 is 2.13 bits per heavy atom. The number of rotatable bonds is 6. The van der Waals surface area contributed by atoms with Gasteiger partial charge in [-0.1, -0.05) is 40.5 Å². The van der Waals surface area contributed by atoms with E-state index >= 15 is 0 Å². The van der Waals surface area contributed by atoms with Gasteiger partial charge in [-0.2, -0.15) is 4.98 Å². The standard InChI is InChI=1S/C22H22Cl2N4O3/c1-30-19-7-3-2-6-18(19)25-22(29)14-5-4-10-28(12-14)13-20-26-21(27-31-20)16-9-8-15(23)11-17(16)24/h2-3,6-9,11,14H,4-5,10,12-13H2,1H3,(H,25,29). The molecule has 1 fully saturated rings. The van der Waals surface area contributed by atoms with Crippen LogP contribution in [-0.2, 0) is 11.3 Å². The van der Waals surface area contributed by atoms with E-state index in [0.717, 1.165) is 19.4 Å². The first-order valence-electron chi connectivity index (χ1n) is 9.97. The van der Waals surface area contributed by atoms with Crippen LogP contribution in [0.1, 0.15) is 18.7 Å². The van der Waals surface area contributed by atoms with Gasteiger partial charge in [-0.25, -0.2) is 0 Å². The van der Waals surface area contributed by atoms with Gasteiger partial charge in [0.2, 0.25) is 17.6 Å². The summed E-state index contributed by atoms with van der Waals surface area (Å²) in [5.74, 6) is 1.38. The molecule has 1 unspecified atom stereocenters. The summed E-state index contributed by atoms with van der Waals surface area (Å²) in [6, 6.07) is 12.5. The Balaban J connectivity index is 1.39. The lowest BCUT2D eigenvalue weighted by atomic mass is 9.97. The molecule has 1 atom stereocenters. The molecule has 3 aromatic rings. The molecule has 9 heteroatoms. The van der Waals surface area contributed by atoms with Gasteiger partial charge in [-0.05, 0) is 49.7 Å². The number of benzene rings is 2. The van der Waals surface area contributed by atoms with Gasteiger partial charge in [0.05, 0.1) is 30.3 Å². The highest BCUT2D eigenvalue weighted by molar-refractivity contribution is 6.36. The zero-order valence-corrected chi connectivity index (χ0v) is 18.5. The van der Waals surface area contributed by atoms with E-state index in [2.05, 4.69) is 20.4 Å². The predicted octanol–water partition coefficient (Wildman–Crippen LogP) is 4.90. The van der Waals surface area contributed by atoms with Crippen LogP contribution < -0.4 is 10.1 Å². The Labute approximate surface area is 190 Å². The van der Waals surface area contributed by atoms with E-state index in [0.29, 0.717) is 51.9 Å². The normalized spacial score (nSPS) is 16.8. The number of nitrogens with one attached hydrogen (secondary N) is 1. The number of likely N-dealkylation sites (tertiary alicyclic amines) is 1. The van der Waals surface area contributed by atoms with E-state index in [1.165, 1.54) is 0 Å². The van der Waals surface area contributed by atoms with Gasteiger partial charge >= 0.3 is 0 Å². The molecule has 1 aliphatic rings. The monoisotopic (exact) mass is 460 g/mol. The fourth-order valence-corrected chi connectivity index (χ4v) is 4.18. The van der Waals surface area contributed by atoms with Crippen molar-refractivity contribution in [2.45, 2.75) is 19.4 Å². The average Bonchev–Trinajstić information content (AvgIpc) is 3.22. The van der Waals surface area contributed by atoms with E-state index in [9.17, 15) is 4.79 Å². The topological polar surface area (TPSA) is 80.5 Å². The first kappa shape index (κ1) is 21.6. The van der Waals surface area contributed by atoms with Crippen molar-refractivity contribution in [3.05, 3.63) is 58.4 Å². The van der Waals surface area contributed by atoms with Crippen LogP contribution in [0, 0.1) is 5.92 Å². The van der Waals surface area contributed by atoms with Crippen LogP contribution >= 0.6 is 23.2 Å². The quantitative estimate of drug-likeness (QED) is 0.563. The lowest BCUT2D eigenvalue weighted by Gasteiger charge is -2.31. The fraction of sp³-hybridized carbons (Fsp3) is 0.318. The van der Waals surface area contributed by atoms with Gasteiger partial charge in [0.1, 0.15) is 5.75 Å². The molecule has 4 rings (SSSR count). The summed E-state index contributed by atoms with van der Waals surface area (Å²) in [6.07, 6.45) is 1.74. The molecule has 2 heterocycles. The summed E-state index contributed by atoms with van der Waals surface area (Å²) >= 11 is 12.2. The van der Waals surface area contributed by atoms with Gasteiger partial charge < -0.3 is 14.6 Å². The molecule has 31 heavy (non-hydrogen) atoms. The van der Waals surface area contributed by atoms with E-state index in [-0.39, 0.29) is 11.8 Å². The highest BCUT2D eigenvalue weighted by Gasteiger charge is 2.27. The van der Waals surface area contributed by atoms with Crippen molar-refractivity contribution < 1.29 is 14.1 Å². The van der Waals surface area contributed by atoms with Crippen molar-refractivity contribution in [2.24, 2.45) is 5.92 Å². The van der Waals surface area contributed by atoms with Gasteiger partial charge in [-0.3, -0.25) is 9.69 Å². The van der Waals surface area contributed by atoms with Crippen LogP contribution in [0.5, 0.6) is 5.75 Å². The van der Waals surface area contributed by atoms with Crippen molar-refractivity contribution in [1.82, 2.24) is 15.0 Å². The first-order chi connectivity index (χ1) is 15.0. The SMILES string of the molecule is COc1ccccc1NC(=O)C1CCCN(Cc2nc(-c3ccc(Cl)cc3Cl)no2)C1. The molecule has 1 aromatic heterocycles. The third-order valence-electron chi connectivity index (χ3n) is 5.24. The van der Waals surface area contributed by atoms with Crippen LogP contribution in [0.25, 0.3) is 11.4 Å². The van der Waals surface area contributed by atoms with Crippen LogP contribution in [0.3, 0.4) is 0 Å². The number of carbonyl (C=O) groups is 1. The average molecular weight is 461 g/mol. The van der Waals surface area contributed by atoms with Crippen molar-refractivity contribution in [1.29, 1.82) is 0 Å². The minimum atomic E-state index is -0.133. The molecule has 0 radical (unpaired) electrons. The third-order valence-corrected chi connectivity index (χ3v) is 5.79. The van der Waals surface area contributed by atoms with E-state index in [1.807, 2.05) is 24.3 Å². The Kier molecular flexibility index (Phi) is 6.75. The molecule has 1 N–H and O–H groups in total. The number of para-hydroxylation sites is 2. The molecule has 162 valence electrons. The highest BCUT2D eigenvalue weighted by Crippen LogP contribution is 2.29. The molecule has 0 aliphatic carbocycles. The number of anilines is 1. The molecule has 2 aromatic carbocycles. The van der Waals surface area contributed by atoms with Gasteiger partial charge in [0.25, 0.3) is 0 Å². The second-order valence-electron chi connectivity index (χ2n) is 7.40. The second-order valence-corrected chi connectivity index (χ2v) is 8.24. The Bertz CT molecular complexity index is 1070. The molecule has 0 bridgehead atoms. The van der Waals surface area contributed by atoms with Crippen LogP contribution in [-0.4, -0.2) is 41.1 Å². The van der Waals surface area contributed by atoms with Crippen molar-refractivity contribution in [2.75, 3.05) is 25.5 Å². The highest BCUT2D eigenvalue weighted by atomic mass is 35.5. The van der Waals surface area contributed by atoms with Crippen molar-refractivity contribution in [3.63, 3.8) is 0 Å². The Morgan fingerprint density at radius 1 is 1.29 bits per heavy atom. The summed E-state index contributed by atoms with van der Waals surface area (Å²) in [5.41, 5.74) is 1.34. The summed E-state index contributed by atoms with van der Waals surface area (Å²) in [6.45, 7) is 1.94. The molecule has 1 aliphatic heterocycles. The summed E-state index contributed by atoms with van der Waals surface area (Å²) in [7, 11) is 1.59. The summed E-state index contributed by atoms with van der Waals surface area (Å²) < 4.78 is 10.7. The van der Waals surface area contributed by atoms with Crippen LogP contribution in [0.15, 0.2) is 47.0 Å². The fourth-order valence-electron chi connectivity index (χ4n) is 3.69. The zero-order chi connectivity index (χ0) is 21.8. The summed E-state index contributed by atoms with van der Waals surface area (Å²) in [5, 5.41) is 8.03. The zero-order valence-electron chi connectivity index (χ0n) is 17.0. The third kappa shape index (κ3) is 5.18. The lowest BCUT2D eigenvalue weighted by Crippen LogP contribution is -2.40. The number of amides is 1. The number of carbonyl (C=O) groups excluding carboxylic acids is 1. The second kappa shape index (κ2) is 9.68. The van der Waals surface area contributed by atoms with Crippen LogP contribution in [0.4, 0.5) is 5.69 Å². The Hall–Kier alpha value is -2.61. The smallest absolute Gasteiger partial charge is 0.241 e. The van der Waals surface area contributed by atoms with E-state index in [4.69, 9.17) is 32.5 Å². The number of hydrogen-bond donors (Lipinski definition) is 1. The molecule has 0 saturated carbocycles. The molecular weight excluding hydrogens is 439 g/mol. The molecule has 1 saturated heterocycles. The number of aromatic nitrogens is 2. The van der Waals surface area contributed by atoms with Gasteiger partial charge in [0, 0.05) is 17.1 Å². The largest absolute Gasteiger partial charge is 0.495 e. The number of nitrogens with zero attached hydrogens (tertiary/aromatic N) is 3. The van der Waals surface area contributed by atoms with Gasteiger partial charge in [0.15, 0.2) is 0 Å². The molecular formula is C22H22Cl2N4O3. The number of hydrogen-bond acceptors (Lipinski definition) is 6. The number of piperidine rings is 1. The van der Waals surface area contributed by atoms with E-state index in [1.54, 1.807) is 25.3 Å². The molecule has 1 amide bonds. The van der Waals surface area contributed by atoms with Crippen LogP contribution in [0.2, 0.25) is 10.0 Å². The summed E-state index contributed by atoms with van der Waals surface area (Å²) in [4.78, 5) is 19.4. The number of methoxy groups -OCH3 is 1. The molecule has 7 nitrogen and oxygen atoms in total. The molecule has 0 spiro atoms. The minimum Gasteiger partial charge on any atom is -0.495 e. The van der Waals surface area contributed by atoms with Gasteiger partial charge in [-0.15, -0.1) is 0 Å². The van der Waals surface area contributed by atoms with E-state index < -0.39 is 0 Å². The number of halogens is 2. The lowest BCUT2D eigenvalue weighted by molar-refractivity contribution is -0.121. The first-order valence-corrected chi connectivity index (χ1v) is 10.7. The maximum absolute atomic E-state index is 12.8. The van der Waals surface area contributed by atoms with Crippen molar-refractivity contribution in [3.8, 4) is 17.1 Å². The maximum Gasteiger partial charge on any atom is 0.241 e. The van der Waals surface area contributed by atoms with Crippen molar-refractivity contribution >= 4 is 34.8 Å². The number of ether oxygens (including phenoxy) is 1. The Morgan fingerprint density at radius 3 is 2.94 bits per heavy atom. The minimum absolute atomic E-state index is 0.0200. The predicted molar refractivity (Wildman–Crippen MR) is 119 cm³/mol. The maximum atomic E-state index is 12.8.